The van der Waals surface area contributed by atoms with Gasteiger partial charge >= 0.3 is 23.7 Å². The zero-order valence-corrected chi connectivity index (χ0v) is 5.16. The Hall–Kier alpha value is -1.15. The van der Waals surface area contributed by atoms with Gasteiger partial charge in [-0.2, -0.15) is 4.21 Å². The van der Waals surface area contributed by atoms with Crippen molar-refractivity contribution in [1.82, 2.24) is 0 Å². The highest BCUT2D eigenvalue weighted by Gasteiger charge is 2.12. The molecule has 0 aromatic carbocycles. The van der Waals surface area contributed by atoms with Crippen molar-refractivity contribution in [3.8, 4) is 0 Å². The third kappa shape index (κ3) is 5.00. The van der Waals surface area contributed by atoms with Crippen LogP contribution in [0.5, 0.6) is 0 Å². The Labute approximate surface area is 57.0 Å². The molecule has 0 aromatic rings. The van der Waals surface area contributed by atoms with Gasteiger partial charge in [-0.3, -0.25) is 4.55 Å². The number of rotatable bonds is 1. The van der Waals surface area contributed by atoms with Crippen molar-refractivity contribution in [2.45, 2.75) is 0 Å². The van der Waals surface area contributed by atoms with Crippen LogP contribution in [-0.4, -0.2) is 26.2 Å². The smallest absolute Gasteiger partial charge is 0.449 e. The van der Waals surface area contributed by atoms with E-state index in [0.717, 1.165) is 0 Å². The summed E-state index contributed by atoms with van der Waals surface area (Å²) < 4.78 is 24.0. The number of carbonyl (C=O) groups is 2. The summed E-state index contributed by atoms with van der Waals surface area (Å²) in [6.07, 6.45) is -3.65. The van der Waals surface area contributed by atoms with Crippen molar-refractivity contribution in [1.29, 1.82) is 0 Å². The molecule has 0 amide bonds. The van der Waals surface area contributed by atoms with Gasteiger partial charge in [0.05, 0.1) is 0 Å². The fraction of sp³-hybridized carbons (Fsp3) is 0. The fourth-order valence-corrected chi connectivity index (χ4v) is 0.297. The fourth-order valence-electron chi connectivity index (χ4n) is 0.147. The standard InChI is InChI=1S/C2H2O7S/c3-1(4)8-2(5)9-10(6)7/h(H,3,4)(H,6,7). The lowest BCUT2D eigenvalue weighted by atomic mass is 11.3. The Balaban J connectivity index is 3.65. The van der Waals surface area contributed by atoms with E-state index >= 15 is 0 Å². The first-order valence-electron chi connectivity index (χ1n) is 1.76. The van der Waals surface area contributed by atoms with E-state index in [2.05, 4.69) is 8.92 Å². The molecule has 0 spiro atoms. The maximum absolute atomic E-state index is 9.89. The van der Waals surface area contributed by atoms with E-state index in [1.807, 2.05) is 0 Å². The van der Waals surface area contributed by atoms with Crippen LogP contribution in [0.3, 0.4) is 0 Å². The summed E-state index contributed by atoms with van der Waals surface area (Å²) in [5, 5.41) is 7.69. The number of hydrogen-bond acceptors (Lipinski definition) is 5. The second-order valence-electron chi connectivity index (χ2n) is 0.918. The summed E-state index contributed by atoms with van der Waals surface area (Å²) in [5.41, 5.74) is 0. The van der Waals surface area contributed by atoms with Crippen molar-refractivity contribution < 1.29 is 32.4 Å². The molecule has 0 saturated carbocycles. The molecule has 0 saturated heterocycles. The van der Waals surface area contributed by atoms with Crippen LogP contribution in [0.4, 0.5) is 9.59 Å². The minimum absolute atomic E-state index is 1.74. The zero-order chi connectivity index (χ0) is 8.15. The Kier molecular flexibility index (Phi) is 3.36. The van der Waals surface area contributed by atoms with Crippen LogP contribution in [0.2, 0.25) is 0 Å². The number of carboxylic acid groups (broad SMARTS) is 1. The second-order valence-corrected chi connectivity index (χ2v) is 1.52. The molecule has 10 heavy (non-hydrogen) atoms. The molecule has 7 nitrogen and oxygen atoms in total. The molecule has 8 heteroatoms. The molecule has 0 bridgehead atoms. The number of ether oxygens (including phenoxy) is 1. The van der Waals surface area contributed by atoms with E-state index in [4.69, 9.17) is 9.66 Å². The van der Waals surface area contributed by atoms with Crippen molar-refractivity contribution in [2.24, 2.45) is 0 Å². The molecule has 0 aliphatic rings. The maximum Gasteiger partial charge on any atom is 0.534 e. The van der Waals surface area contributed by atoms with Crippen molar-refractivity contribution in [2.75, 3.05) is 0 Å². The summed E-state index contributed by atoms with van der Waals surface area (Å²) in [5.74, 6) is 0. The van der Waals surface area contributed by atoms with Crippen LogP contribution in [0.15, 0.2) is 0 Å². The van der Waals surface area contributed by atoms with Gasteiger partial charge < -0.3 is 14.0 Å². The van der Waals surface area contributed by atoms with Gasteiger partial charge in [-0.15, -0.1) is 0 Å². The maximum atomic E-state index is 9.89. The Bertz CT molecular complexity index is 154. The normalized spacial score (nSPS) is 11.7. The molecule has 58 valence electrons. The first-order valence-corrected chi connectivity index (χ1v) is 2.79. The highest BCUT2D eigenvalue weighted by molar-refractivity contribution is 7.74. The SMILES string of the molecule is O=C(O)OC(=O)OS(=O)O. The van der Waals surface area contributed by atoms with Gasteiger partial charge in [0, 0.05) is 0 Å². The average molecular weight is 170 g/mol. The number of hydrogen-bond donors (Lipinski definition) is 2. The third-order valence-corrected chi connectivity index (χ3v) is 0.589. The summed E-state index contributed by atoms with van der Waals surface area (Å²) in [6.45, 7) is 0. The quantitative estimate of drug-likeness (QED) is 0.322. The molecule has 0 radical (unpaired) electrons. The van der Waals surface area contributed by atoms with E-state index in [9.17, 15) is 13.8 Å². The second kappa shape index (κ2) is 3.80. The van der Waals surface area contributed by atoms with Gasteiger partial charge in [-0.1, -0.05) is 0 Å². The van der Waals surface area contributed by atoms with Gasteiger partial charge in [0.1, 0.15) is 0 Å². The molecule has 0 aliphatic heterocycles. The highest BCUT2D eigenvalue weighted by Crippen LogP contribution is 1.87. The molecule has 1 atom stereocenters. The lowest BCUT2D eigenvalue weighted by Crippen LogP contribution is -2.12. The van der Waals surface area contributed by atoms with Crippen LogP contribution >= 0.6 is 0 Å². The summed E-state index contributed by atoms with van der Waals surface area (Å²) in [7, 11) is 0. The summed E-state index contributed by atoms with van der Waals surface area (Å²) in [6, 6.07) is 0. The summed E-state index contributed by atoms with van der Waals surface area (Å²) in [4.78, 5) is 19.4. The lowest BCUT2D eigenvalue weighted by Gasteiger charge is -1.93. The Morgan fingerprint density at radius 2 is 1.90 bits per heavy atom. The van der Waals surface area contributed by atoms with E-state index in [0.29, 0.717) is 0 Å². The predicted octanol–water partition coefficient (Wildman–Crippen LogP) is -0.0457. The molecule has 0 aliphatic carbocycles. The lowest BCUT2D eigenvalue weighted by molar-refractivity contribution is 0.0860. The molecule has 0 heterocycles. The van der Waals surface area contributed by atoms with Crippen molar-refractivity contribution >= 4 is 23.7 Å². The van der Waals surface area contributed by atoms with Crippen LogP contribution in [-0.2, 0) is 20.3 Å². The topological polar surface area (TPSA) is 110 Å². The van der Waals surface area contributed by atoms with Crippen LogP contribution < -0.4 is 0 Å². The Morgan fingerprint density at radius 3 is 2.20 bits per heavy atom. The van der Waals surface area contributed by atoms with E-state index in [-0.39, 0.29) is 0 Å². The van der Waals surface area contributed by atoms with E-state index in [1.165, 1.54) is 0 Å². The molecule has 2 N–H and O–H groups in total. The van der Waals surface area contributed by atoms with E-state index in [1.54, 1.807) is 0 Å². The minimum Gasteiger partial charge on any atom is -0.449 e. The minimum atomic E-state index is -2.85. The van der Waals surface area contributed by atoms with Crippen molar-refractivity contribution in [3.05, 3.63) is 0 Å². The zero-order valence-electron chi connectivity index (χ0n) is 4.34. The molecule has 0 fully saturated rings. The highest BCUT2D eigenvalue weighted by atomic mass is 32.2. The molecule has 1 unspecified atom stereocenters. The first-order chi connectivity index (χ1) is 4.52. The molecular formula is C2H2O7S. The van der Waals surface area contributed by atoms with E-state index < -0.39 is 23.7 Å². The van der Waals surface area contributed by atoms with Crippen LogP contribution in [0.25, 0.3) is 0 Å². The predicted molar refractivity (Wildman–Crippen MR) is 26.4 cm³/mol. The monoisotopic (exact) mass is 170 g/mol. The number of carbonyl (C=O) groups excluding carboxylic acids is 1. The van der Waals surface area contributed by atoms with Gasteiger partial charge in [-0.25, -0.2) is 9.59 Å². The first kappa shape index (κ1) is 8.85. The van der Waals surface area contributed by atoms with Gasteiger partial charge in [0.15, 0.2) is 0 Å². The van der Waals surface area contributed by atoms with Gasteiger partial charge in [0.25, 0.3) is 0 Å². The van der Waals surface area contributed by atoms with Crippen LogP contribution in [0, 0.1) is 0 Å². The molecule has 0 aromatic heterocycles. The molecular weight excluding hydrogens is 168 g/mol. The van der Waals surface area contributed by atoms with Gasteiger partial charge in [0.2, 0.25) is 0 Å². The van der Waals surface area contributed by atoms with Gasteiger partial charge in [-0.05, 0) is 0 Å². The largest absolute Gasteiger partial charge is 0.534 e. The average Bonchev–Trinajstić information content (AvgIpc) is 1.58. The third-order valence-electron chi connectivity index (χ3n) is 0.310. The Morgan fingerprint density at radius 1 is 1.40 bits per heavy atom. The summed E-state index contributed by atoms with van der Waals surface area (Å²) >= 11 is -2.85. The van der Waals surface area contributed by atoms with Crippen molar-refractivity contribution in [3.63, 3.8) is 0 Å². The molecule has 0 rings (SSSR count). The van der Waals surface area contributed by atoms with Crippen LogP contribution in [0.1, 0.15) is 0 Å².